The Hall–Kier alpha value is -2.67. The van der Waals surface area contributed by atoms with Crippen LogP contribution in [0.3, 0.4) is 0 Å². The first-order chi connectivity index (χ1) is 12.5. The van der Waals surface area contributed by atoms with Crippen molar-refractivity contribution in [2.24, 2.45) is 0 Å². The lowest BCUT2D eigenvalue weighted by molar-refractivity contribution is -0.147. The Morgan fingerprint density at radius 3 is 2.50 bits per heavy atom. The number of hydrogen-bond donors (Lipinski definition) is 2. The summed E-state index contributed by atoms with van der Waals surface area (Å²) in [6, 6.07) is 11.5. The molecule has 0 aliphatic carbocycles. The normalized spacial score (nSPS) is 10.2. The SMILES string of the molecule is Cc1ccc(C(=O)NCC(=O)OCC(=O)NCCc2ccccc2C)s1. The smallest absolute Gasteiger partial charge is 0.325 e. The maximum absolute atomic E-state index is 11.8. The second-order valence-corrected chi connectivity index (χ2v) is 7.07. The van der Waals surface area contributed by atoms with E-state index < -0.39 is 5.97 Å². The van der Waals surface area contributed by atoms with Crippen LogP contribution < -0.4 is 10.6 Å². The van der Waals surface area contributed by atoms with Gasteiger partial charge in [-0.3, -0.25) is 14.4 Å². The molecule has 7 heteroatoms. The van der Waals surface area contributed by atoms with Crippen LogP contribution in [0.25, 0.3) is 0 Å². The Bertz CT molecular complexity index is 785. The molecule has 138 valence electrons. The molecule has 0 bridgehead atoms. The Balaban J connectivity index is 1.61. The average Bonchev–Trinajstić information content (AvgIpc) is 3.06. The van der Waals surface area contributed by atoms with Crippen LogP contribution in [0.5, 0.6) is 0 Å². The number of hydrogen-bond acceptors (Lipinski definition) is 5. The summed E-state index contributed by atoms with van der Waals surface area (Å²) in [6.45, 7) is 3.75. The molecule has 2 amide bonds. The molecule has 1 aromatic heterocycles. The summed E-state index contributed by atoms with van der Waals surface area (Å²) in [5.74, 6) is -1.35. The van der Waals surface area contributed by atoms with E-state index in [0.29, 0.717) is 17.8 Å². The fourth-order valence-electron chi connectivity index (χ4n) is 2.27. The van der Waals surface area contributed by atoms with E-state index in [4.69, 9.17) is 4.74 Å². The predicted molar refractivity (Wildman–Crippen MR) is 100 cm³/mol. The van der Waals surface area contributed by atoms with Gasteiger partial charge in [0.15, 0.2) is 6.61 Å². The molecular weight excluding hydrogens is 352 g/mol. The molecule has 0 atom stereocenters. The third kappa shape index (κ3) is 6.33. The zero-order valence-corrected chi connectivity index (χ0v) is 15.7. The lowest BCUT2D eigenvalue weighted by atomic mass is 10.1. The van der Waals surface area contributed by atoms with Crippen LogP contribution in [-0.2, 0) is 20.7 Å². The van der Waals surface area contributed by atoms with Gasteiger partial charge >= 0.3 is 5.97 Å². The fourth-order valence-corrected chi connectivity index (χ4v) is 3.06. The number of aryl methyl sites for hydroxylation is 2. The highest BCUT2D eigenvalue weighted by atomic mass is 32.1. The molecule has 0 unspecified atom stereocenters. The van der Waals surface area contributed by atoms with E-state index in [9.17, 15) is 14.4 Å². The van der Waals surface area contributed by atoms with Gasteiger partial charge in [-0.2, -0.15) is 0 Å². The fraction of sp³-hybridized carbons (Fsp3) is 0.316. The maximum Gasteiger partial charge on any atom is 0.325 e. The van der Waals surface area contributed by atoms with Gasteiger partial charge in [0.25, 0.3) is 11.8 Å². The van der Waals surface area contributed by atoms with Gasteiger partial charge in [0, 0.05) is 11.4 Å². The standard InChI is InChI=1S/C19H22N2O4S/c1-13-5-3-4-6-15(13)9-10-20-17(22)12-25-18(23)11-21-19(24)16-8-7-14(2)26-16/h3-8H,9-12H2,1-2H3,(H,20,22)(H,21,24). The molecule has 1 aromatic carbocycles. The van der Waals surface area contributed by atoms with E-state index in [1.54, 1.807) is 6.07 Å². The topological polar surface area (TPSA) is 84.5 Å². The minimum atomic E-state index is -0.652. The van der Waals surface area contributed by atoms with Crippen LogP contribution in [0.2, 0.25) is 0 Å². The Morgan fingerprint density at radius 2 is 1.81 bits per heavy atom. The second kappa shape index (κ2) is 9.72. The maximum atomic E-state index is 11.8. The van der Waals surface area contributed by atoms with Gasteiger partial charge in [-0.25, -0.2) is 0 Å². The van der Waals surface area contributed by atoms with E-state index in [2.05, 4.69) is 10.6 Å². The lowest BCUT2D eigenvalue weighted by Crippen LogP contribution is -2.34. The summed E-state index contributed by atoms with van der Waals surface area (Å²) in [5.41, 5.74) is 2.33. The Morgan fingerprint density at radius 1 is 1.04 bits per heavy atom. The van der Waals surface area contributed by atoms with E-state index in [0.717, 1.165) is 10.4 Å². The van der Waals surface area contributed by atoms with Crippen LogP contribution in [0.15, 0.2) is 36.4 Å². The molecule has 0 aliphatic heterocycles. The Labute approximate surface area is 156 Å². The van der Waals surface area contributed by atoms with E-state index in [-0.39, 0.29) is 25.0 Å². The van der Waals surface area contributed by atoms with Crippen molar-refractivity contribution in [2.75, 3.05) is 19.7 Å². The van der Waals surface area contributed by atoms with Gasteiger partial charge in [-0.15, -0.1) is 11.3 Å². The number of carbonyl (C=O) groups excluding carboxylic acids is 3. The summed E-state index contributed by atoms with van der Waals surface area (Å²) >= 11 is 1.35. The van der Waals surface area contributed by atoms with Crippen molar-refractivity contribution in [3.8, 4) is 0 Å². The average molecular weight is 374 g/mol. The van der Waals surface area contributed by atoms with E-state index in [1.165, 1.54) is 16.9 Å². The predicted octanol–water partition coefficient (Wildman–Crippen LogP) is 2.00. The minimum absolute atomic E-state index is 0.272. The molecular formula is C19H22N2O4S. The molecule has 1 heterocycles. The van der Waals surface area contributed by atoms with Gasteiger partial charge in [-0.05, 0) is 43.5 Å². The summed E-state index contributed by atoms with van der Waals surface area (Å²) < 4.78 is 4.86. The first-order valence-electron chi connectivity index (χ1n) is 8.27. The van der Waals surface area contributed by atoms with Crippen molar-refractivity contribution >= 4 is 29.1 Å². The quantitative estimate of drug-likeness (QED) is 0.692. The molecule has 2 aromatic rings. The van der Waals surface area contributed by atoms with E-state index >= 15 is 0 Å². The number of thiophene rings is 1. The highest BCUT2D eigenvalue weighted by molar-refractivity contribution is 7.13. The molecule has 0 radical (unpaired) electrons. The zero-order valence-electron chi connectivity index (χ0n) is 14.8. The third-order valence-corrected chi connectivity index (χ3v) is 4.70. The lowest BCUT2D eigenvalue weighted by Gasteiger charge is -2.08. The minimum Gasteiger partial charge on any atom is -0.454 e. The number of ether oxygens (including phenoxy) is 1. The zero-order chi connectivity index (χ0) is 18.9. The van der Waals surface area contributed by atoms with Gasteiger partial charge in [0.05, 0.1) is 4.88 Å². The van der Waals surface area contributed by atoms with Crippen LogP contribution >= 0.6 is 11.3 Å². The molecule has 0 aliphatic rings. The van der Waals surface area contributed by atoms with Crippen molar-refractivity contribution in [1.82, 2.24) is 10.6 Å². The van der Waals surface area contributed by atoms with Gasteiger partial charge in [-0.1, -0.05) is 24.3 Å². The molecule has 0 saturated carbocycles. The summed E-state index contributed by atoms with van der Waals surface area (Å²) in [6.07, 6.45) is 0.711. The number of esters is 1. The number of carbonyl (C=O) groups is 3. The van der Waals surface area contributed by atoms with Crippen molar-refractivity contribution in [3.05, 3.63) is 57.3 Å². The molecule has 26 heavy (non-hydrogen) atoms. The first-order valence-corrected chi connectivity index (χ1v) is 9.09. The molecule has 0 fully saturated rings. The summed E-state index contributed by atoms with van der Waals surface area (Å²) in [4.78, 5) is 36.7. The monoisotopic (exact) mass is 374 g/mol. The van der Waals surface area contributed by atoms with Crippen molar-refractivity contribution in [2.45, 2.75) is 20.3 Å². The van der Waals surface area contributed by atoms with Crippen molar-refractivity contribution in [1.29, 1.82) is 0 Å². The molecule has 6 nitrogen and oxygen atoms in total. The first kappa shape index (κ1) is 19.7. The van der Waals surface area contributed by atoms with Gasteiger partial charge in [0.1, 0.15) is 6.54 Å². The van der Waals surface area contributed by atoms with Crippen LogP contribution in [0.4, 0.5) is 0 Å². The number of amides is 2. The molecule has 2 N–H and O–H groups in total. The Kier molecular flexibility index (Phi) is 7.35. The molecule has 2 rings (SSSR count). The highest BCUT2D eigenvalue weighted by Gasteiger charge is 2.12. The van der Waals surface area contributed by atoms with Crippen molar-refractivity contribution in [3.63, 3.8) is 0 Å². The van der Waals surface area contributed by atoms with Gasteiger partial charge in [0.2, 0.25) is 0 Å². The van der Waals surface area contributed by atoms with E-state index in [1.807, 2.05) is 44.2 Å². The van der Waals surface area contributed by atoms with Gasteiger partial charge < -0.3 is 15.4 Å². The van der Waals surface area contributed by atoms with Crippen LogP contribution in [0.1, 0.15) is 25.7 Å². The highest BCUT2D eigenvalue weighted by Crippen LogP contribution is 2.14. The number of rotatable bonds is 8. The molecule has 0 saturated heterocycles. The van der Waals surface area contributed by atoms with Crippen LogP contribution in [-0.4, -0.2) is 37.5 Å². The second-order valence-electron chi connectivity index (χ2n) is 5.78. The van der Waals surface area contributed by atoms with Crippen LogP contribution in [0, 0.1) is 13.8 Å². The number of nitrogens with one attached hydrogen (secondary N) is 2. The largest absolute Gasteiger partial charge is 0.454 e. The third-order valence-electron chi connectivity index (χ3n) is 3.70. The summed E-state index contributed by atoms with van der Waals surface area (Å²) in [7, 11) is 0. The number of benzene rings is 1. The summed E-state index contributed by atoms with van der Waals surface area (Å²) in [5, 5.41) is 5.18. The van der Waals surface area contributed by atoms with Crippen molar-refractivity contribution < 1.29 is 19.1 Å². The molecule has 0 spiro atoms.